The maximum atomic E-state index is 14.7. The highest BCUT2D eigenvalue weighted by atomic mass is 19.1. The Labute approximate surface area is 148 Å². The minimum Gasteiger partial charge on any atom is -0.478 e. The van der Waals surface area contributed by atoms with E-state index in [-0.39, 0.29) is 5.69 Å². The van der Waals surface area contributed by atoms with E-state index in [9.17, 15) is 14.0 Å². The summed E-state index contributed by atoms with van der Waals surface area (Å²) in [7, 11) is 0. The molecule has 0 aliphatic carbocycles. The van der Waals surface area contributed by atoms with Gasteiger partial charge in [0.25, 0.3) is 0 Å². The fraction of sp³-hybridized carbons (Fsp3) is 0.278. The molecule has 1 saturated heterocycles. The van der Waals surface area contributed by atoms with Crippen LogP contribution in [0.15, 0.2) is 36.5 Å². The van der Waals surface area contributed by atoms with Crippen molar-refractivity contribution in [2.24, 2.45) is 0 Å². The number of carbonyl (C=O) groups excluding carboxylic acids is 1. The molecular formula is C18H16FN3O4. The molecule has 2 aromatic rings. The van der Waals surface area contributed by atoms with Gasteiger partial charge in [-0.1, -0.05) is 6.07 Å². The largest absolute Gasteiger partial charge is 0.478 e. The first-order valence-corrected chi connectivity index (χ1v) is 8.15. The molecule has 7 nitrogen and oxygen atoms in total. The van der Waals surface area contributed by atoms with Gasteiger partial charge in [-0.3, -0.25) is 9.88 Å². The molecule has 1 aromatic carbocycles. The molecule has 0 spiro atoms. The van der Waals surface area contributed by atoms with Crippen molar-refractivity contribution in [2.75, 3.05) is 9.80 Å². The Bertz CT molecular complexity index is 879. The van der Waals surface area contributed by atoms with E-state index in [1.807, 2.05) is 17.0 Å². The number of aromatic nitrogens is 1. The van der Waals surface area contributed by atoms with Gasteiger partial charge in [0, 0.05) is 12.7 Å². The van der Waals surface area contributed by atoms with Gasteiger partial charge in [0.1, 0.15) is 5.82 Å². The molecule has 1 unspecified atom stereocenters. The summed E-state index contributed by atoms with van der Waals surface area (Å²) in [5.41, 5.74) is 2.64. The van der Waals surface area contributed by atoms with Crippen molar-refractivity contribution in [3.05, 3.63) is 53.6 Å². The molecule has 2 atom stereocenters. The van der Waals surface area contributed by atoms with Crippen LogP contribution in [0.1, 0.15) is 18.2 Å². The number of nitrogens with zero attached hydrogens (tertiary/aromatic N) is 3. The van der Waals surface area contributed by atoms with Crippen LogP contribution in [-0.4, -0.2) is 34.3 Å². The number of carboxylic acids is 1. The standard InChI is InChI=1S/C18H16FN3O4/c1-10-16(17(23)24)26-18(25)22(10)12-4-5-15(13(19)7-12)21-8-11-3-2-6-20-14(11)9-21/h2-7,10,16H,8-9H2,1H3,(H,23,24)/t10?,16-/m1/s1. The molecule has 0 radical (unpaired) electrons. The van der Waals surface area contributed by atoms with Crippen LogP contribution in [0.4, 0.5) is 20.6 Å². The quantitative estimate of drug-likeness (QED) is 0.909. The molecule has 1 fully saturated rings. The number of carbonyl (C=O) groups is 2. The van der Waals surface area contributed by atoms with Crippen molar-refractivity contribution in [2.45, 2.75) is 32.2 Å². The van der Waals surface area contributed by atoms with Gasteiger partial charge in [0.15, 0.2) is 0 Å². The molecule has 1 N–H and O–H groups in total. The molecule has 8 heteroatoms. The van der Waals surface area contributed by atoms with Gasteiger partial charge in [-0.05, 0) is 36.8 Å². The maximum Gasteiger partial charge on any atom is 0.415 e. The number of fused-ring (bicyclic) bond motifs is 1. The molecule has 3 heterocycles. The van der Waals surface area contributed by atoms with Gasteiger partial charge < -0.3 is 14.7 Å². The van der Waals surface area contributed by atoms with E-state index in [2.05, 4.69) is 4.98 Å². The molecule has 1 aromatic heterocycles. The summed E-state index contributed by atoms with van der Waals surface area (Å²) >= 11 is 0. The number of anilines is 2. The molecule has 2 aliphatic rings. The highest BCUT2D eigenvalue weighted by Gasteiger charge is 2.44. The second-order valence-corrected chi connectivity index (χ2v) is 6.35. The smallest absolute Gasteiger partial charge is 0.415 e. The van der Waals surface area contributed by atoms with Crippen molar-refractivity contribution >= 4 is 23.4 Å². The Morgan fingerprint density at radius 3 is 2.81 bits per heavy atom. The number of halogens is 1. The van der Waals surface area contributed by atoms with E-state index in [1.165, 1.54) is 6.07 Å². The molecule has 1 amide bonds. The Morgan fingerprint density at radius 2 is 2.15 bits per heavy atom. The van der Waals surface area contributed by atoms with Crippen molar-refractivity contribution in [1.29, 1.82) is 0 Å². The molecule has 2 aliphatic heterocycles. The van der Waals surface area contributed by atoms with Crippen LogP contribution in [-0.2, 0) is 22.6 Å². The van der Waals surface area contributed by atoms with Crippen LogP contribution in [0.25, 0.3) is 0 Å². The predicted octanol–water partition coefficient (Wildman–Crippen LogP) is 2.54. The normalized spacial score (nSPS) is 21.7. The lowest BCUT2D eigenvalue weighted by molar-refractivity contribution is -0.145. The highest BCUT2D eigenvalue weighted by Crippen LogP contribution is 2.33. The first kappa shape index (κ1) is 16.3. The van der Waals surface area contributed by atoms with Crippen LogP contribution >= 0.6 is 0 Å². The number of benzene rings is 1. The highest BCUT2D eigenvalue weighted by molar-refractivity contribution is 5.95. The number of carboxylic acid groups (broad SMARTS) is 1. The second kappa shape index (κ2) is 5.98. The van der Waals surface area contributed by atoms with Crippen LogP contribution in [0, 0.1) is 5.82 Å². The fourth-order valence-corrected chi connectivity index (χ4v) is 3.44. The molecule has 26 heavy (non-hydrogen) atoms. The Morgan fingerprint density at radius 1 is 1.35 bits per heavy atom. The molecule has 4 rings (SSSR count). The lowest BCUT2D eigenvalue weighted by Crippen LogP contribution is -2.37. The van der Waals surface area contributed by atoms with Gasteiger partial charge >= 0.3 is 12.1 Å². The van der Waals surface area contributed by atoms with Crippen molar-refractivity contribution < 1.29 is 23.8 Å². The van der Waals surface area contributed by atoms with Gasteiger partial charge in [0.05, 0.1) is 29.7 Å². The minimum absolute atomic E-state index is 0.266. The van der Waals surface area contributed by atoms with Crippen LogP contribution in [0.5, 0.6) is 0 Å². The zero-order valence-electron chi connectivity index (χ0n) is 13.9. The first-order chi connectivity index (χ1) is 12.5. The SMILES string of the molecule is CC1[C@H](C(=O)O)OC(=O)N1c1ccc(N2Cc3cccnc3C2)c(F)c1. The molecule has 0 bridgehead atoms. The number of cyclic esters (lactones) is 1. The van der Waals surface area contributed by atoms with E-state index < -0.39 is 30.0 Å². The summed E-state index contributed by atoms with van der Waals surface area (Å²) in [6.45, 7) is 2.62. The number of aliphatic carboxylic acids is 1. The summed E-state index contributed by atoms with van der Waals surface area (Å²) in [4.78, 5) is 30.5. The summed E-state index contributed by atoms with van der Waals surface area (Å²) in [5.74, 6) is -1.72. The van der Waals surface area contributed by atoms with Gasteiger partial charge in [0.2, 0.25) is 6.10 Å². The van der Waals surface area contributed by atoms with Crippen molar-refractivity contribution in [3.8, 4) is 0 Å². The van der Waals surface area contributed by atoms with E-state index in [1.54, 1.807) is 25.3 Å². The second-order valence-electron chi connectivity index (χ2n) is 6.35. The number of hydrogen-bond donors (Lipinski definition) is 1. The van der Waals surface area contributed by atoms with Crippen molar-refractivity contribution in [1.82, 2.24) is 4.98 Å². The average molecular weight is 357 g/mol. The Hall–Kier alpha value is -3.16. The third-order valence-corrected chi connectivity index (χ3v) is 4.75. The first-order valence-electron chi connectivity index (χ1n) is 8.15. The van der Waals surface area contributed by atoms with E-state index >= 15 is 0 Å². The lowest BCUT2D eigenvalue weighted by Gasteiger charge is -2.22. The van der Waals surface area contributed by atoms with Gasteiger partial charge in [-0.25, -0.2) is 14.0 Å². The number of amides is 1. The topological polar surface area (TPSA) is 83.0 Å². The lowest BCUT2D eigenvalue weighted by atomic mass is 10.1. The minimum atomic E-state index is -1.27. The summed E-state index contributed by atoms with van der Waals surface area (Å²) in [6.07, 6.45) is -0.361. The van der Waals surface area contributed by atoms with Gasteiger partial charge in [-0.2, -0.15) is 0 Å². The predicted molar refractivity (Wildman–Crippen MR) is 90.4 cm³/mol. The van der Waals surface area contributed by atoms with Crippen LogP contribution < -0.4 is 9.80 Å². The zero-order chi connectivity index (χ0) is 18.4. The average Bonchev–Trinajstić information content (AvgIpc) is 3.15. The molecule has 0 saturated carbocycles. The van der Waals surface area contributed by atoms with Crippen LogP contribution in [0.3, 0.4) is 0 Å². The molecule has 134 valence electrons. The maximum absolute atomic E-state index is 14.7. The Balaban J connectivity index is 1.60. The Kier molecular flexibility index (Phi) is 3.75. The van der Waals surface area contributed by atoms with Crippen LogP contribution in [0.2, 0.25) is 0 Å². The van der Waals surface area contributed by atoms with E-state index in [0.717, 1.165) is 16.2 Å². The fourth-order valence-electron chi connectivity index (χ4n) is 3.44. The van der Waals surface area contributed by atoms with E-state index in [0.29, 0.717) is 18.8 Å². The van der Waals surface area contributed by atoms with Crippen molar-refractivity contribution in [3.63, 3.8) is 0 Å². The third kappa shape index (κ3) is 2.54. The summed E-state index contributed by atoms with van der Waals surface area (Å²) in [5, 5.41) is 9.10. The zero-order valence-corrected chi connectivity index (χ0v) is 13.9. The molecular weight excluding hydrogens is 341 g/mol. The third-order valence-electron chi connectivity index (χ3n) is 4.75. The summed E-state index contributed by atoms with van der Waals surface area (Å²) < 4.78 is 19.6. The number of pyridine rings is 1. The summed E-state index contributed by atoms with van der Waals surface area (Å²) in [6, 6.07) is 7.49. The monoisotopic (exact) mass is 357 g/mol. The van der Waals surface area contributed by atoms with E-state index in [4.69, 9.17) is 9.84 Å². The van der Waals surface area contributed by atoms with Gasteiger partial charge in [-0.15, -0.1) is 0 Å². The number of hydrogen-bond acceptors (Lipinski definition) is 5. The number of ether oxygens (including phenoxy) is 1. The number of rotatable bonds is 3.